The van der Waals surface area contributed by atoms with Crippen LogP contribution in [-0.2, 0) is 12.8 Å². The maximum atomic E-state index is 15.0. The van der Waals surface area contributed by atoms with Crippen LogP contribution in [0.15, 0.2) is 71.5 Å². The van der Waals surface area contributed by atoms with E-state index in [-0.39, 0.29) is 17.5 Å². The molecule has 0 saturated carbocycles. The van der Waals surface area contributed by atoms with Crippen molar-refractivity contribution in [2.75, 3.05) is 10.6 Å². The van der Waals surface area contributed by atoms with Crippen LogP contribution < -0.4 is 10.6 Å². The number of carbonyl (C=O) groups is 1. The van der Waals surface area contributed by atoms with Gasteiger partial charge in [-0.3, -0.25) is 4.79 Å². The molecule has 1 atom stereocenters. The van der Waals surface area contributed by atoms with Gasteiger partial charge in [0.2, 0.25) is 0 Å². The van der Waals surface area contributed by atoms with Gasteiger partial charge in [0, 0.05) is 22.2 Å². The summed E-state index contributed by atoms with van der Waals surface area (Å²) in [6, 6.07) is 15.1. The number of aromatic nitrogens is 1. The number of nitrogens with zero attached hydrogens (tertiary/aromatic N) is 1. The smallest absolute Gasteiger partial charge is 0.291 e. The van der Waals surface area contributed by atoms with Crippen LogP contribution in [0.5, 0.6) is 0 Å². The van der Waals surface area contributed by atoms with Crippen molar-refractivity contribution in [3.05, 3.63) is 100 Å². The SMILES string of the molecule is O=C(Nc1sc2c(c1[C@H](Nc1ccccn1)c1ccccc1F)CCCC2)c1ccco1. The highest BCUT2D eigenvalue weighted by atomic mass is 32.1. The molecule has 0 fully saturated rings. The van der Waals surface area contributed by atoms with Crippen LogP contribution in [0.2, 0.25) is 0 Å². The van der Waals surface area contributed by atoms with Crippen molar-refractivity contribution in [2.24, 2.45) is 0 Å². The summed E-state index contributed by atoms with van der Waals surface area (Å²) < 4.78 is 20.3. The second-order valence-corrected chi connectivity index (χ2v) is 8.80. The highest BCUT2D eigenvalue weighted by Crippen LogP contribution is 2.44. The Morgan fingerprint density at radius 2 is 1.91 bits per heavy atom. The van der Waals surface area contributed by atoms with Crippen molar-refractivity contribution < 1.29 is 13.6 Å². The van der Waals surface area contributed by atoms with Gasteiger partial charge in [0.15, 0.2) is 5.76 Å². The highest BCUT2D eigenvalue weighted by Gasteiger charge is 2.30. The number of carbonyl (C=O) groups excluding carboxylic acids is 1. The number of benzene rings is 1. The molecule has 0 bridgehead atoms. The van der Waals surface area contributed by atoms with E-state index in [0.717, 1.165) is 36.2 Å². The van der Waals surface area contributed by atoms with Gasteiger partial charge >= 0.3 is 0 Å². The van der Waals surface area contributed by atoms with Crippen molar-refractivity contribution in [2.45, 2.75) is 31.7 Å². The zero-order chi connectivity index (χ0) is 21.9. The fraction of sp³-hybridized carbons (Fsp3) is 0.200. The van der Waals surface area contributed by atoms with Gasteiger partial charge in [-0.25, -0.2) is 9.37 Å². The third-order valence-electron chi connectivity index (χ3n) is 5.65. The molecule has 0 saturated heterocycles. The van der Waals surface area contributed by atoms with E-state index in [0.29, 0.717) is 11.4 Å². The quantitative estimate of drug-likeness (QED) is 0.369. The van der Waals surface area contributed by atoms with E-state index < -0.39 is 6.04 Å². The predicted molar refractivity (Wildman–Crippen MR) is 124 cm³/mol. The second kappa shape index (κ2) is 8.96. The third-order valence-corrected chi connectivity index (χ3v) is 6.87. The maximum absolute atomic E-state index is 15.0. The average molecular weight is 448 g/mol. The number of anilines is 2. The van der Waals surface area contributed by atoms with Gasteiger partial charge in [-0.15, -0.1) is 11.3 Å². The van der Waals surface area contributed by atoms with Gasteiger partial charge in [0.1, 0.15) is 16.6 Å². The minimum atomic E-state index is -0.504. The summed E-state index contributed by atoms with van der Waals surface area (Å²) in [6.45, 7) is 0. The molecular formula is C25H22FN3O2S. The van der Waals surface area contributed by atoms with Crippen LogP contribution in [-0.4, -0.2) is 10.9 Å². The Kier molecular flexibility index (Phi) is 5.73. The molecular weight excluding hydrogens is 425 g/mol. The average Bonchev–Trinajstić information content (AvgIpc) is 3.47. The molecule has 1 aliphatic rings. The molecule has 0 spiro atoms. The Hall–Kier alpha value is -3.45. The summed E-state index contributed by atoms with van der Waals surface area (Å²) in [7, 11) is 0. The summed E-state index contributed by atoms with van der Waals surface area (Å²) in [5, 5.41) is 7.16. The van der Waals surface area contributed by atoms with Crippen LogP contribution in [0.25, 0.3) is 0 Å². The van der Waals surface area contributed by atoms with E-state index in [1.807, 2.05) is 24.3 Å². The zero-order valence-electron chi connectivity index (χ0n) is 17.3. The molecule has 3 aromatic heterocycles. The number of nitrogens with one attached hydrogen (secondary N) is 2. The molecule has 0 unspecified atom stereocenters. The minimum absolute atomic E-state index is 0.238. The molecule has 1 amide bonds. The van der Waals surface area contributed by atoms with E-state index in [1.165, 1.54) is 22.8 Å². The summed E-state index contributed by atoms with van der Waals surface area (Å²) in [5.74, 6) is 0.252. The molecule has 162 valence electrons. The topological polar surface area (TPSA) is 67.2 Å². The minimum Gasteiger partial charge on any atom is -0.459 e. The monoisotopic (exact) mass is 447 g/mol. The molecule has 5 rings (SSSR count). The lowest BCUT2D eigenvalue weighted by atomic mass is 9.89. The number of fused-ring (bicyclic) bond motifs is 1. The van der Waals surface area contributed by atoms with Crippen molar-refractivity contribution in [3.8, 4) is 0 Å². The van der Waals surface area contributed by atoms with Crippen molar-refractivity contribution in [1.82, 2.24) is 4.98 Å². The number of furan rings is 1. The van der Waals surface area contributed by atoms with Crippen LogP contribution in [0.1, 0.15) is 51.0 Å². The number of hydrogen-bond donors (Lipinski definition) is 2. The molecule has 3 heterocycles. The number of hydrogen-bond acceptors (Lipinski definition) is 5. The summed E-state index contributed by atoms with van der Waals surface area (Å²) >= 11 is 1.57. The molecule has 2 N–H and O–H groups in total. The van der Waals surface area contributed by atoms with Gasteiger partial charge in [0.05, 0.1) is 12.3 Å². The molecule has 1 aromatic carbocycles. The number of pyridine rings is 1. The number of thiophene rings is 1. The van der Waals surface area contributed by atoms with Gasteiger partial charge in [-0.1, -0.05) is 24.3 Å². The Morgan fingerprint density at radius 1 is 1.06 bits per heavy atom. The first-order valence-electron chi connectivity index (χ1n) is 10.6. The molecule has 0 radical (unpaired) electrons. The first-order valence-corrected chi connectivity index (χ1v) is 11.4. The first-order chi connectivity index (χ1) is 15.7. The van der Waals surface area contributed by atoms with Crippen LogP contribution >= 0.6 is 11.3 Å². The number of rotatable bonds is 6. The van der Waals surface area contributed by atoms with Crippen LogP contribution in [0.4, 0.5) is 15.2 Å². The highest BCUT2D eigenvalue weighted by molar-refractivity contribution is 7.16. The normalized spacial score (nSPS) is 13.9. The van der Waals surface area contributed by atoms with E-state index in [9.17, 15) is 4.79 Å². The van der Waals surface area contributed by atoms with Crippen molar-refractivity contribution in [3.63, 3.8) is 0 Å². The largest absolute Gasteiger partial charge is 0.459 e. The summed E-state index contributed by atoms with van der Waals surface area (Å²) in [6.07, 6.45) is 7.19. The summed E-state index contributed by atoms with van der Waals surface area (Å²) in [4.78, 5) is 18.5. The maximum Gasteiger partial charge on any atom is 0.291 e. The lowest BCUT2D eigenvalue weighted by molar-refractivity contribution is 0.0997. The van der Waals surface area contributed by atoms with E-state index in [4.69, 9.17) is 4.42 Å². The number of aryl methyl sites for hydroxylation is 1. The predicted octanol–water partition coefficient (Wildman–Crippen LogP) is 6.21. The van der Waals surface area contributed by atoms with Gasteiger partial charge < -0.3 is 15.1 Å². The fourth-order valence-electron chi connectivity index (χ4n) is 4.17. The van der Waals surface area contributed by atoms with E-state index >= 15 is 4.39 Å². The lowest BCUT2D eigenvalue weighted by Crippen LogP contribution is -2.19. The Bertz CT molecular complexity index is 1220. The Balaban J connectivity index is 1.63. The van der Waals surface area contributed by atoms with Gasteiger partial charge in [0.25, 0.3) is 5.91 Å². The van der Waals surface area contributed by atoms with Gasteiger partial charge in [-0.05, 0) is 61.6 Å². The number of amides is 1. The fourth-order valence-corrected chi connectivity index (χ4v) is 5.49. The third kappa shape index (κ3) is 4.03. The molecule has 4 aromatic rings. The molecule has 5 nitrogen and oxygen atoms in total. The summed E-state index contributed by atoms with van der Waals surface area (Å²) in [5.41, 5.74) is 2.60. The molecule has 0 aliphatic heterocycles. The van der Waals surface area contributed by atoms with Crippen molar-refractivity contribution in [1.29, 1.82) is 0 Å². The second-order valence-electron chi connectivity index (χ2n) is 7.70. The number of halogens is 1. The zero-order valence-corrected chi connectivity index (χ0v) is 18.1. The molecule has 1 aliphatic carbocycles. The van der Waals surface area contributed by atoms with Gasteiger partial charge in [-0.2, -0.15) is 0 Å². The standard InChI is InChI=1S/C25H22FN3O2S/c26-18-10-3-1-8-16(18)23(28-21-13-5-6-14-27-21)22-17-9-2-4-12-20(17)32-25(22)29-24(30)19-11-7-15-31-19/h1,3,5-8,10-11,13-15,23H,2,4,9,12H2,(H,27,28)(H,29,30)/t23-/m1/s1. The van der Waals surface area contributed by atoms with Crippen molar-refractivity contribution >= 4 is 28.1 Å². The molecule has 32 heavy (non-hydrogen) atoms. The first kappa shape index (κ1) is 20.5. The Morgan fingerprint density at radius 3 is 2.69 bits per heavy atom. The van der Waals surface area contributed by atoms with Crippen LogP contribution in [0, 0.1) is 5.82 Å². The van der Waals surface area contributed by atoms with E-state index in [1.54, 1.807) is 41.8 Å². The molecule has 7 heteroatoms. The lowest BCUT2D eigenvalue weighted by Gasteiger charge is -2.24. The van der Waals surface area contributed by atoms with E-state index in [2.05, 4.69) is 15.6 Å². The Labute approximate surface area is 189 Å². The van der Waals surface area contributed by atoms with Crippen LogP contribution in [0.3, 0.4) is 0 Å².